The number of nitrogens with zero attached hydrogens (tertiary/aromatic N) is 2. The first-order valence-corrected chi connectivity index (χ1v) is 8.25. The van der Waals surface area contributed by atoms with Crippen molar-refractivity contribution in [1.82, 2.24) is 9.78 Å². The standard InChI is InChI=1S/C18H20N4O4/c1-10-17(11(2)22(3)21-10)20-16(24)9-26-18(25)13-4-6-14-12(8-13)5-7-15(23)19-14/h4,6,8H,5,7,9H2,1-3H3,(H,19,23)(H,20,24). The Morgan fingerprint density at radius 3 is 2.77 bits per heavy atom. The maximum absolute atomic E-state index is 12.2. The molecule has 8 nitrogen and oxygen atoms in total. The molecule has 2 N–H and O–H groups in total. The number of esters is 1. The predicted molar refractivity (Wildman–Crippen MR) is 95.0 cm³/mol. The highest BCUT2D eigenvalue weighted by Crippen LogP contribution is 2.24. The van der Waals surface area contributed by atoms with Gasteiger partial charge in [-0.25, -0.2) is 4.79 Å². The minimum Gasteiger partial charge on any atom is -0.452 e. The molecular weight excluding hydrogens is 336 g/mol. The van der Waals surface area contributed by atoms with Crippen LogP contribution in [-0.4, -0.2) is 34.2 Å². The van der Waals surface area contributed by atoms with Gasteiger partial charge in [0.05, 0.1) is 22.6 Å². The van der Waals surface area contributed by atoms with E-state index in [1.807, 2.05) is 6.92 Å². The van der Waals surface area contributed by atoms with Crippen LogP contribution in [0.4, 0.5) is 11.4 Å². The maximum atomic E-state index is 12.2. The number of aryl methyl sites for hydroxylation is 3. The molecule has 26 heavy (non-hydrogen) atoms. The summed E-state index contributed by atoms with van der Waals surface area (Å²) in [6.45, 7) is 3.24. The van der Waals surface area contributed by atoms with Crippen LogP contribution in [0.15, 0.2) is 18.2 Å². The van der Waals surface area contributed by atoms with Gasteiger partial charge in [0.25, 0.3) is 5.91 Å². The Balaban J connectivity index is 1.60. The first-order valence-electron chi connectivity index (χ1n) is 8.25. The molecule has 0 saturated heterocycles. The molecule has 0 atom stereocenters. The highest BCUT2D eigenvalue weighted by atomic mass is 16.5. The van der Waals surface area contributed by atoms with Gasteiger partial charge in [0.15, 0.2) is 6.61 Å². The summed E-state index contributed by atoms with van der Waals surface area (Å²) in [5.74, 6) is -1.05. The average Bonchev–Trinajstić information content (AvgIpc) is 2.85. The molecule has 0 unspecified atom stereocenters. The van der Waals surface area contributed by atoms with E-state index in [0.29, 0.717) is 35.5 Å². The second-order valence-electron chi connectivity index (χ2n) is 6.21. The number of anilines is 2. The molecule has 1 aromatic carbocycles. The zero-order valence-electron chi connectivity index (χ0n) is 14.9. The van der Waals surface area contributed by atoms with Crippen LogP contribution in [0.2, 0.25) is 0 Å². The first-order chi connectivity index (χ1) is 12.3. The van der Waals surface area contributed by atoms with Gasteiger partial charge < -0.3 is 15.4 Å². The number of benzene rings is 1. The van der Waals surface area contributed by atoms with Crippen molar-refractivity contribution in [2.45, 2.75) is 26.7 Å². The topological polar surface area (TPSA) is 102 Å². The van der Waals surface area contributed by atoms with E-state index < -0.39 is 11.9 Å². The number of rotatable bonds is 4. The Bertz CT molecular complexity index is 901. The number of fused-ring (bicyclic) bond motifs is 1. The highest BCUT2D eigenvalue weighted by Gasteiger charge is 2.18. The molecule has 8 heteroatoms. The fourth-order valence-electron chi connectivity index (χ4n) is 2.85. The third kappa shape index (κ3) is 3.58. The van der Waals surface area contributed by atoms with Gasteiger partial charge in [-0.05, 0) is 44.0 Å². The van der Waals surface area contributed by atoms with Gasteiger partial charge in [-0.1, -0.05) is 0 Å². The molecule has 0 aliphatic carbocycles. The second kappa shape index (κ2) is 6.99. The van der Waals surface area contributed by atoms with Crippen LogP contribution in [0.1, 0.15) is 33.7 Å². The zero-order chi connectivity index (χ0) is 18.8. The van der Waals surface area contributed by atoms with Gasteiger partial charge in [-0.2, -0.15) is 5.10 Å². The molecule has 136 valence electrons. The van der Waals surface area contributed by atoms with E-state index in [4.69, 9.17) is 4.74 Å². The van der Waals surface area contributed by atoms with E-state index in [2.05, 4.69) is 15.7 Å². The van der Waals surface area contributed by atoms with Crippen LogP contribution < -0.4 is 10.6 Å². The van der Waals surface area contributed by atoms with Crippen molar-refractivity contribution >= 4 is 29.2 Å². The number of hydrogen-bond acceptors (Lipinski definition) is 5. The number of nitrogens with one attached hydrogen (secondary N) is 2. The third-order valence-electron chi connectivity index (χ3n) is 4.34. The summed E-state index contributed by atoms with van der Waals surface area (Å²) in [5.41, 5.74) is 4.07. The van der Waals surface area contributed by atoms with Crippen molar-refractivity contribution in [2.24, 2.45) is 7.05 Å². The molecular formula is C18H20N4O4. The van der Waals surface area contributed by atoms with E-state index >= 15 is 0 Å². The Labute approximate surface area is 150 Å². The number of ether oxygens (including phenoxy) is 1. The average molecular weight is 356 g/mol. The van der Waals surface area contributed by atoms with Gasteiger partial charge in [-0.3, -0.25) is 14.3 Å². The minimum absolute atomic E-state index is 0.0366. The maximum Gasteiger partial charge on any atom is 0.338 e. The molecule has 1 aromatic heterocycles. The van der Waals surface area contributed by atoms with Crippen LogP contribution in [0.3, 0.4) is 0 Å². The molecule has 0 fully saturated rings. The van der Waals surface area contributed by atoms with E-state index in [1.54, 1.807) is 36.9 Å². The fraction of sp³-hybridized carbons (Fsp3) is 0.333. The molecule has 1 aliphatic rings. The molecule has 1 aliphatic heterocycles. The molecule has 2 aromatic rings. The van der Waals surface area contributed by atoms with Crippen LogP contribution in [0, 0.1) is 13.8 Å². The molecule has 2 amide bonds. The SMILES string of the molecule is Cc1nn(C)c(C)c1NC(=O)COC(=O)c1ccc2c(c1)CCC(=O)N2. The van der Waals surface area contributed by atoms with Crippen LogP contribution >= 0.6 is 0 Å². The third-order valence-corrected chi connectivity index (χ3v) is 4.34. The smallest absolute Gasteiger partial charge is 0.338 e. The fourth-order valence-corrected chi connectivity index (χ4v) is 2.85. The Morgan fingerprint density at radius 1 is 1.31 bits per heavy atom. The second-order valence-corrected chi connectivity index (χ2v) is 6.21. The largest absolute Gasteiger partial charge is 0.452 e. The summed E-state index contributed by atoms with van der Waals surface area (Å²) < 4.78 is 6.76. The van der Waals surface area contributed by atoms with Gasteiger partial charge >= 0.3 is 5.97 Å². The van der Waals surface area contributed by atoms with Crippen LogP contribution in [0.25, 0.3) is 0 Å². The summed E-state index contributed by atoms with van der Waals surface area (Å²) >= 11 is 0. The Morgan fingerprint density at radius 2 is 2.08 bits per heavy atom. The highest BCUT2D eigenvalue weighted by molar-refractivity contribution is 5.98. The lowest BCUT2D eigenvalue weighted by atomic mass is 10.0. The summed E-state index contributed by atoms with van der Waals surface area (Å²) in [6, 6.07) is 4.93. The minimum atomic E-state index is -0.584. The molecule has 0 spiro atoms. The van der Waals surface area contributed by atoms with Gasteiger partial charge in [0.1, 0.15) is 0 Å². The summed E-state index contributed by atoms with van der Waals surface area (Å²) in [6.07, 6.45) is 0.958. The lowest BCUT2D eigenvalue weighted by molar-refractivity contribution is -0.119. The molecule has 2 heterocycles. The number of hydrogen-bond donors (Lipinski definition) is 2. The van der Waals surface area contributed by atoms with Crippen molar-refractivity contribution in [3.05, 3.63) is 40.7 Å². The van der Waals surface area contributed by atoms with E-state index in [0.717, 1.165) is 11.3 Å². The van der Waals surface area contributed by atoms with Crippen molar-refractivity contribution in [3.8, 4) is 0 Å². The van der Waals surface area contributed by atoms with Crippen molar-refractivity contribution < 1.29 is 19.1 Å². The normalized spacial score (nSPS) is 13.0. The number of amides is 2. The molecule has 0 bridgehead atoms. The molecule has 0 radical (unpaired) electrons. The Hall–Kier alpha value is -3.16. The first kappa shape index (κ1) is 17.7. The van der Waals surface area contributed by atoms with E-state index in [-0.39, 0.29) is 12.5 Å². The lowest BCUT2D eigenvalue weighted by Gasteiger charge is -2.17. The Kier molecular flexibility index (Phi) is 4.75. The zero-order valence-corrected chi connectivity index (χ0v) is 14.9. The van der Waals surface area contributed by atoms with Gasteiger partial charge in [0, 0.05) is 19.2 Å². The van der Waals surface area contributed by atoms with Gasteiger partial charge in [-0.15, -0.1) is 0 Å². The van der Waals surface area contributed by atoms with Crippen molar-refractivity contribution in [1.29, 1.82) is 0 Å². The van der Waals surface area contributed by atoms with Crippen LogP contribution in [-0.2, 0) is 27.8 Å². The summed E-state index contributed by atoms with van der Waals surface area (Å²) in [7, 11) is 1.79. The monoisotopic (exact) mass is 356 g/mol. The quantitative estimate of drug-likeness (QED) is 0.812. The number of aromatic nitrogens is 2. The summed E-state index contributed by atoms with van der Waals surface area (Å²) in [4.78, 5) is 35.6. The lowest BCUT2D eigenvalue weighted by Crippen LogP contribution is -2.22. The number of carbonyl (C=O) groups excluding carboxylic acids is 3. The predicted octanol–water partition coefficient (Wildman–Crippen LogP) is 1.72. The van der Waals surface area contributed by atoms with Crippen molar-refractivity contribution in [2.75, 3.05) is 17.2 Å². The van der Waals surface area contributed by atoms with Crippen molar-refractivity contribution in [3.63, 3.8) is 0 Å². The van der Waals surface area contributed by atoms with Crippen LogP contribution in [0.5, 0.6) is 0 Å². The van der Waals surface area contributed by atoms with Gasteiger partial charge in [0.2, 0.25) is 5.91 Å². The molecule has 0 saturated carbocycles. The van der Waals surface area contributed by atoms with E-state index in [1.165, 1.54) is 0 Å². The summed E-state index contributed by atoms with van der Waals surface area (Å²) in [5, 5.41) is 9.68. The number of carbonyl (C=O) groups is 3. The molecule has 3 rings (SSSR count). The van der Waals surface area contributed by atoms with E-state index in [9.17, 15) is 14.4 Å².